The maximum absolute atomic E-state index is 11.5. The molecule has 0 atom stereocenters. The zero-order valence-corrected chi connectivity index (χ0v) is 11.6. The summed E-state index contributed by atoms with van der Waals surface area (Å²) in [5.74, 6) is -0.489. The van der Waals surface area contributed by atoms with Crippen LogP contribution in [-0.2, 0) is 14.8 Å². The van der Waals surface area contributed by atoms with E-state index in [1.165, 1.54) is 6.07 Å². The largest absolute Gasteiger partial charge is 0.507 e. The quantitative estimate of drug-likeness (QED) is 0.710. The average Bonchev–Trinajstić information content (AvgIpc) is 2.16. The molecule has 7 nitrogen and oxygen atoms in total. The lowest BCUT2D eigenvalue weighted by atomic mass is 10.2. The van der Waals surface area contributed by atoms with Crippen molar-refractivity contribution < 1.29 is 23.1 Å². The topological polar surface area (TPSA) is 119 Å². The highest BCUT2D eigenvalue weighted by atomic mass is 32.2. The van der Waals surface area contributed by atoms with Crippen LogP contribution in [0.25, 0.3) is 0 Å². The van der Waals surface area contributed by atoms with Gasteiger partial charge in [0.2, 0.25) is 10.0 Å². The molecule has 1 aromatic rings. The highest BCUT2D eigenvalue weighted by molar-refractivity contribution is 7.89. The normalized spacial score (nSPS) is 12.0. The molecule has 0 saturated heterocycles. The number of phenolic OH excluding ortho intramolecular Hbond substituents is 1. The van der Waals surface area contributed by atoms with E-state index in [9.17, 15) is 18.3 Å². The third-order valence-corrected chi connectivity index (χ3v) is 2.85. The lowest BCUT2D eigenvalue weighted by molar-refractivity contribution is 0.0636. The predicted molar refractivity (Wildman–Crippen MR) is 69.3 cm³/mol. The molecule has 0 fully saturated rings. The summed E-state index contributed by atoms with van der Waals surface area (Å²) in [5.41, 5.74) is -0.528. The second kappa shape index (κ2) is 5.06. The number of hydrogen-bond acceptors (Lipinski definition) is 5. The number of hydrogen-bond donors (Lipinski definition) is 3. The molecule has 0 aliphatic rings. The van der Waals surface area contributed by atoms with Crippen molar-refractivity contribution in [3.63, 3.8) is 0 Å². The van der Waals surface area contributed by atoms with Crippen LogP contribution in [0.1, 0.15) is 20.8 Å². The standard InChI is InChI=1S/C11H16N2O5S/c1-11(2,3)18-10(15)13-7-4-5-8(14)9(6-7)19(12,16)17/h4-6,14H,1-3H3,(H,13,15)(H2,12,16,17). The van der Waals surface area contributed by atoms with E-state index in [4.69, 9.17) is 9.88 Å². The van der Waals surface area contributed by atoms with Gasteiger partial charge in [0.15, 0.2) is 0 Å². The first kappa shape index (κ1) is 15.3. The Labute approximate surface area is 111 Å². The molecule has 0 unspecified atom stereocenters. The molecule has 19 heavy (non-hydrogen) atoms. The van der Waals surface area contributed by atoms with Crippen molar-refractivity contribution in [1.29, 1.82) is 0 Å². The molecule has 0 aromatic heterocycles. The van der Waals surface area contributed by atoms with Crippen molar-refractivity contribution in [2.24, 2.45) is 5.14 Å². The van der Waals surface area contributed by atoms with Crippen LogP contribution >= 0.6 is 0 Å². The Balaban J connectivity index is 2.96. The second-order valence-corrected chi connectivity index (χ2v) is 6.38. The fourth-order valence-corrected chi connectivity index (χ4v) is 1.89. The van der Waals surface area contributed by atoms with Crippen molar-refractivity contribution in [3.05, 3.63) is 18.2 Å². The second-order valence-electron chi connectivity index (χ2n) is 4.85. The van der Waals surface area contributed by atoms with Gasteiger partial charge >= 0.3 is 6.09 Å². The zero-order chi connectivity index (χ0) is 14.8. The van der Waals surface area contributed by atoms with Crippen molar-refractivity contribution >= 4 is 21.8 Å². The Kier molecular flexibility index (Phi) is 4.06. The molecule has 0 saturated carbocycles. The van der Waals surface area contributed by atoms with Crippen LogP contribution in [0.3, 0.4) is 0 Å². The first-order valence-corrected chi connectivity index (χ1v) is 6.89. The van der Waals surface area contributed by atoms with Crippen LogP contribution in [-0.4, -0.2) is 25.2 Å². The van der Waals surface area contributed by atoms with E-state index in [-0.39, 0.29) is 5.69 Å². The zero-order valence-electron chi connectivity index (χ0n) is 10.8. The van der Waals surface area contributed by atoms with Crippen LogP contribution in [0.15, 0.2) is 23.1 Å². The number of carbonyl (C=O) groups excluding carboxylic acids is 1. The lowest BCUT2D eigenvalue weighted by Crippen LogP contribution is -2.27. The minimum absolute atomic E-state index is 0.149. The summed E-state index contributed by atoms with van der Waals surface area (Å²) >= 11 is 0. The highest BCUT2D eigenvalue weighted by Crippen LogP contribution is 2.25. The number of sulfonamides is 1. The fraction of sp³-hybridized carbons (Fsp3) is 0.364. The Morgan fingerprint density at radius 3 is 2.42 bits per heavy atom. The molecule has 1 rings (SSSR count). The van der Waals surface area contributed by atoms with Crippen molar-refractivity contribution in [2.45, 2.75) is 31.3 Å². The van der Waals surface area contributed by atoms with Gasteiger partial charge in [-0.05, 0) is 39.0 Å². The monoisotopic (exact) mass is 288 g/mol. The summed E-state index contributed by atoms with van der Waals surface area (Å²) in [6, 6.07) is 3.50. The molecule has 4 N–H and O–H groups in total. The van der Waals surface area contributed by atoms with Crippen molar-refractivity contribution in [1.82, 2.24) is 0 Å². The highest BCUT2D eigenvalue weighted by Gasteiger charge is 2.18. The number of nitrogens with two attached hydrogens (primary N) is 1. The number of nitrogens with one attached hydrogen (secondary N) is 1. The Morgan fingerprint density at radius 2 is 1.95 bits per heavy atom. The molecule has 1 aromatic carbocycles. The number of carbonyl (C=O) groups is 1. The summed E-state index contributed by atoms with van der Waals surface area (Å²) in [4.78, 5) is 11.0. The average molecular weight is 288 g/mol. The van der Waals surface area contributed by atoms with Crippen molar-refractivity contribution in [2.75, 3.05) is 5.32 Å². The number of rotatable bonds is 2. The predicted octanol–water partition coefficient (Wildman–Crippen LogP) is 1.39. The van der Waals surface area contributed by atoms with Gasteiger partial charge in [0.05, 0.1) is 0 Å². The van der Waals surface area contributed by atoms with Crippen LogP contribution in [0.5, 0.6) is 5.75 Å². The van der Waals surface area contributed by atoms with Gasteiger partial charge in [0.1, 0.15) is 16.2 Å². The van der Waals surface area contributed by atoms with Gasteiger partial charge in [-0.1, -0.05) is 0 Å². The van der Waals surface area contributed by atoms with Gasteiger partial charge in [-0.3, -0.25) is 5.32 Å². The minimum Gasteiger partial charge on any atom is -0.507 e. The molecule has 106 valence electrons. The lowest BCUT2D eigenvalue weighted by Gasteiger charge is -2.19. The third-order valence-electron chi connectivity index (χ3n) is 1.91. The van der Waals surface area contributed by atoms with Gasteiger partial charge in [0.25, 0.3) is 0 Å². The van der Waals surface area contributed by atoms with Crippen LogP contribution < -0.4 is 10.5 Å². The van der Waals surface area contributed by atoms with E-state index in [1.54, 1.807) is 20.8 Å². The Morgan fingerprint density at radius 1 is 1.37 bits per heavy atom. The van der Waals surface area contributed by atoms with Crippen LogP contribution in [0, 0.1) is 0 Å². The minimum atomic E-state index is -4.07. The molecule has 0 aliphatic heterocycles. The van der Waals surface area contributed by atoms with E-state index in [0.29, 0.717) is 0 Å². The molecule has 0 heterocycles. The van der Waals surface area contributed by atoms with E-state index in [0.717, 1.165) is 12.1 Å². The number of amides is 1. The Hall–Kier alpha value is -1.80. The number of phenols is 1. The number of aromatic hydroxyl groups is 1. The first-order valence-electron chi connectivity index (χ1n) is 5.35. The number of ether oxygens (including phenoxy) is 1. The Bertz CT molecular complexity index is 590. The molecule has 0 spiro atoms. The maximum Gasteiger partial charge on any atom is 0.412 e. The summed E-state index contributed by atoms with van der Waals surface area (Å²) in [6.45, 7) is 5.08. The number of primary sulfonamides is 1. The van der Waals surface area contributed by atoms with Gasteiger partial charge < -0.3 is 9.84 Å². The number of benzene rings is 1. The van der Waals surface area contributed by atoms with E-state index in [1.807, 2.05) is 0 Å². The van der Waals surface area contributed by atoms with Gasteiger partial charge in [-0.15, -0.1) is 0 Å². The summed E-state index contributed by atoms with van der Waals surface area (Å²) in [5, 5.41) is 16.7. The molecular weight excluding hydrogens is 272 g/mol. The van der Waals surface area contributed by atoms with Gasteiger partial charge in [0, 0.05) is 5.69 Å². The molecular formula is C11H16N2O5S. The summed E-state index contributed by atoms with van der Waals surface area (Å²) in [7, 11) is -4.07. The molecule has 8 heteroatoms. The smallest absolute Gasteiger partial charge is 0.412 e. The van der Waals surface area contributed by atoms with E-state index >= 15 is 0 Å². The van der Waals surface area contributed by atoms with Gasteiger partial charge in [-0.25, -0.2) is 18.4 Å². The van der Waals surface area contributed by atoms with Crippen LogP contribution in [0.2, 0.25) is 0 Å². The van der Waals surface area contributed by atoms with Crippen LogP contribution in [0.4, 0.5) is 10.5 Å². The first-order chi connectivity index (χ1) is 8.49. The van der Waals surface area contributed by atoms with Gasteiger partial charge in [-0.2, -0.15) is 0 Å². The summed E-state index contributed by atoms with van der Waals surface area (Å²) in [6.07, 6.45) is -0.737. The maximum atomic E-state index is 11.5. The molecule has 0 bridgehead atoms. The van der Waals surface area contributed by atoms with Crippen molar-refractivity contribution in [3.8, 4) is 5.75 Å². The molecule has 1 amide bonds. The SMILES string of the molecule is CC(C)(C)OC(=O)Nc1ccc(O)c(S(N)(=O)=O)c1. The number of anilines is 1. The van der Waals surface area contributed by atoms with E-state index < -0.39 is 32.4 Å². The molecule has 0 radical (unpaired) electrons. The van der Waals surface area contributed by atoms with E-state index in [2.05, 4.69) is 5.32 Å². The fourth-order valence-electron chi connectivity index (χ4n) is 1.24. The summed E-state index contributed by atoms with van der Waals surface area (Å²) < 4.78 is 27.4. The molecule has 0 aliphatic carbocycles. The third kappa shape index (κ3) is 4.76.